The van der Waals surface area contributed by atoms with Gasteiger partial charge >= 0.3 is 5.97 Å². The second kappa shape index (κ2) is 5.50. The summed E-state index contributed by atoms with van der Waals surface area (Å²) in [6, 6.07) is 0.401. The molecule has 0 spiro atoms. The molecule has 2 rings (SSSR count). The summed E-state index contributed by atoms with van der Waals surface area (Å²) in [4.78, 5) is 11.9. The zero-order chi connectivity index (χ0) is 13.1. The quantitative estimate of drug-likeness (QED) is 0.772. The van der Waals surface area contributed by atoms with Crippen LogP contribution in [0.4, 0.5) is 0 Å². The SMILES string of the molecule is CCOC(=O)c1nnn(C2CCCC2)c1C(C)C. The van der Waals surface area contributed by atoms with Gasteiger partial charge in [-0.25, -0.2) is 9.48 Å². The van der Waals surface area contributed by atoms with Gasteiger partial charge in [0.15, 0.2) is 5.69 Å². The summed E-state index contributed by atoms with van der Waals surface area (Å²) < 4.78 is 6.99. The van der Waals surface area contributed by atoms with Crippen LogP contribution in [-0.4, -0.2) is 27.6 Å². The Bertz CT molecular complexity index is 420. The second-order valence-electron chi connectivity index (χ2n) is 5.08. The van der Waals surface area contributed by atoms with Crippen molar-refractivity contribution < 1.29 is 9.53 Å². The molecule has 1 aliphatic carbocycles. The Balaban J connectivity index is 2.33. The van der Waals surface area contributed by atoms with Crippen molar-refractivity contribution in [3.05, 3.63) is 11.4 Å². The molecule has 0 unspecified atom stereocenters. The molecule has 0 N–H and O–H groups in total. The first-order valence-corrected chi connectivity index (χ1v) is 6.77. The molecule has 1 heterocycles. The fraction of sp³-hybridized carbons (Fsp3) is 0.769. The van der Waals surface area contributed by atoms with E-state index < -0.39 is 0 Å². The fourth-order valence-electron chi connectivity index (χ4n) is 2.60. The third-order valence-electron chi connectivity index (χ3n) is 3.42. The topological polar surface area (TPSA) is 57.0 Å². The lowest BCUT2D eigenvalue weighted by Crippen LogP contribution is -2.15. The van der Waals surface area contributed by atoms with Crippen LogP contribution in [0.15, 0.2) is 0 Å². The fourth-order valence-corrected chi connectivity index (χ4v) is 2.60. The Morgan fingerprint density at radius 1 is 1.44 bits per heavy atom. The van der Waals surface area contributed by atoms with Crippen LogP contribution in [0.1, 0.15) is 74.6 Å². The monoisotopic (exact) mass is 251 g/mol. The van der Waals surface area contributed by atoms with Gasteiger partial charge in [0.2, 0.25) is 0 Å². The van der Waals surface area contributed by atoms with Gasteiger partial charge in [-0.1, -0.05) is 31.9 Å². The van der Waals surface area contributed by atoms with Gasteiger partial charge in [0.25, 0.3) is 0 Å². The third-order valence-corrected chi connectivity index (χ3v) is 3.42. The highest BCUT2D eigenvalue weighted by Crippen LogP contribution is 2.32. The molecule has 1 aromatic heterocycles. The van der Waals surface area contributed by atoms with Gasteiger partial charge in [0.05, 0.1) is 18.3 Å². The minimum absolute atomic E-state index is 0.222. The van der Waals surface area contributed by atoms with E-state index >= 15 is 0 Å². The van der Waals surface area contributed by atoms with Gasteiger partial charge in [0, 0.05) is 0 Å². The molecule has 1 aromatic rings. The van der Waals surface area contributed by atoms with E-state index in [4.69, 9.17) is 4.74 Å². The molecule has 5 nitrogen and oxygen atoms in total. The van der Waals surface area contributed by atoms with Crippen molar-refractivity contribution >= 4 is 5.97 Å². The van der Waals surface area contributed by atoms with Crippen LogP contribution in [0.5, 0.6) is 0 Å². The average molecular weight is 251 g/mol. The first-order chi connectivity index (χ1) is 8.65. The summed E-state index contributed by atoms with van der Waals surface area (Å²) in [6.45, 7) is 6.29. The van der Waals surface area contributed by atoms with E-state index in [1.165, 1.54) is 12.8 Å². The Morgan fingerprint density at radius 2 is 2.11 bits per heavy atom. The Kier molecular flexibility index (Phi) is 3.99. The van der Waals surface area contributed by atoms with Gasteiger partial charge in [0.1, 0.15) is 0 Å². The van der Waals surface area contributed by atoms with Gasteiger partial charge in [-0.05, 0) is 25.7 Å². The van der Waals surface area contributed by atoms with Crippen molar-refractivity contribution in [3.63, 3.8) is 0 Å². The van der Waals surface area contributed by atoms with Gasteiger partial charge in [-0.15, -0.1) is 5.10 Å². The van der Waals surface area contributed by atoms with Gasteiger partial charge in [-0.2, -0.15) is 0 Å². The predicted molar refractivity (Wildman–Crippen MR) is 67.6 cm³/mol. The molecule has 100 valence electrons. The maximum absolute atomic E-state index is 11.9. The van der Waals surface area contributed by atoms with Gasteiger partial charge in [-0.3, -0.25) is 0 Å². The Labute approximate surface area is 108 Å². The van der Waals surface area contributed by atoms with Crippen LogP contribution in [0, 0.1) is 0 Å². The highest BCUT2D eigenvalue weighted by Gasteiger charge is 2.28. The molecule has 1 fully saturated rings. The van der Waals surface area contributed by atoms with Crippen molar-refractivity contribution in [2.45, 2.75) is 58.4 Å². The molecular weight excluding hydrogens is 230 g/mol. The maximum atomic E-state index is 11.9. The van der Waals surface area contributed by atoms with Crippen LogP contribution < -0.4 is 0 Å². The number of hydrogen-bond donors (Lipinski definition) is 0. The molecule has 0 atom stereocenters. The molecule has 0 radical (unpaired) electrons. The number of carbonyl (C=O) groups excluding carboxylic acids is 1. The summed E-state index contributed by atoms with van der Waals surface area (Å²) in [7, 11) is 0. The van der Waals surface area contributed by atoms with E-state index in [2.05, 4.69) is 24.2 Å². The molecule has 1 saturated carbocycles. The van der Waals surface area contributed by atoms with E-state index in [1.54, 1.807) is 6.92 Å². The van der Waals surface area contributed by atoms with Crippen molar-refractivity contribution in [2.75, 3.05) is 6.61 Å². The van der Waals surface area contributed by atoms with E-state index in [-0.39, 0.29) is 11.9 Å². The number of aromatic nitrogens is 3. The largest absolute Gasteiger partial charge is 0.461 e. The number of hydrogen-bond acceptors (Lipinski definition) is 4. The van der Waals surface area contributed by atoms with Crippen LogP contribution >= 0.6 is 0 Å². The summed E-state index contributed by atoms with van der Waals surface area (Å²) >= 11 is 0. The zero-order valence-corrected chi connectivity index (χ0v) is 11.3. The summed E-state index contributed by atoms with van der Waals surface area (Å²) in [5.41, 5.74) is 1.30. The Morgan fingerprint density at radius 3 is 2.67 bits per heavy atom. The van der Waals surface area contributed by atoms with E-state index in [1.807, 2.05) is 4.68 Å². The molecular formula is C13H21N3O2. The normalized spacial score (nSPS) is 16.4. The predicted octanol–water partition coefficient (Wildman–Crippen LogP) is 2.69. The van der Waals surface area contributed by atoms with Crippen molar-refractivity contribution in [2.24, 2.45) is 0 Å². The summed E-state index contributed by atoms with van der Waals surface area (Å²) in [5.74, 6) is -0.134. The lowest BCUT2D eigenvalue weighted by molar-refractivity contribution is 0.0517. The van der Waals surface area contributed by atoms with E-state index in [9.17, 15) is 4.79 Å². The molecule has 0 aromatic carbocycles. The molecule has 0 saturated heterocycles. The minimum atomic E-state index is -0.356. The number of carbonyl (C=O) groups is 1. The number of rotatable bonds is 4. The summed E-state index contributed by atoms with van der Waals surface area (Å²) in [5, 5.41) is 8.23. The van der Waals surface area contributed by atoms with Crippen LogP contribution in [0.2, 0.25) is 0 Å². The first-order valence-electron chi connectivity index (χ1n) is 6.77. The average Bonchev–Trinajstić information content (AvgIpc) is 2.97. The van der Waals surface area contributed by atoms with Crippen molar-refractivity contribution in [1.82, 2.24) is 15.0 Å². The highest BCUT2D eigenvalue weighted by atomic mass is 16.5. The standard InChI is InChI=1S/C13H21N3O2/c1-4-18-13(17)11-12(9(2)3)16(15-14-11)10-7-5-6-8-10/h9-10H,4-8H2,1-3H3. The minimum Gasteiger partial charge on any atom is -0.461 e. The van der Waals surface area contributed by atoms with Crippen LogP contribution in [0.3, 0.4) is 0 Å². The van der Waals surface area contributed by atoms with E-state index in [0.717, 1.165) is 18.5 Å². The number of esters is 1. The first kappa shape index (κ1) is 13.1. The molecule has 18 heavy (non-hydrogen) atoms. The smallest absolute Gasteiger partial charge is 0.360 e. The van der Waals surface area contributed by atoms with E-state index in [0.29, 0.717) is 18.3 Å². The van der Waals surface area contributed by atoms with Crippen molar-refractivity contribution in [3.8, 4) is 0 Å². The number of ether oxygens (including phenoxy) is 1. The molecule has 0 aliphatic heterocycles. The Hall–Kier alpha value is -1.39. The van der Waals surface area contributed by atoms with Gasteiger partial charge < -0.3 is 4.74 Å². The maximum Gasteiger partial charge on any atom is 0.360 e. The second-order valence-corrected chi connectivity index (χ2v) is 5.08. The van der Waals surface area contributed by atoms with Crippen molar-refractivity contribution in [1.29, 1.82) is 0 Å². The summed E-state index contributed by atoms with van der Waals surface area (Å²) in [6.07, 6.45) is 4.73. The zero-order valence-electron chi connectivity index (χ0n) is 11.3. The third kappa shape index (κ3) is 2.40. The lowest BCUT2D eigenvalue weighted by Gasteiger charge is -2.15. The number of nitrogens with zero attached hydrogens (tertiary/aromatic N) is 3. The highest BCUT2D eigenvalue weighted by molar-refractivity contribution is 5.88. The molecule has 0 amide bonds. The van der Waals surface area contributed by atoms with Crippen LogP contribution in [-0.2, 0) is 4.74 Å². The molecule has 5 heteroatoms. The molecule has 1 aliphatic rings. The van der Waals surface area contributed by atoms with Crippen LogP contribution in [0.25, 0.3) is 0 Å². The molecule has 0 bridgehead atoms. The lowest BCUT2D eigenvalue weighted by atomic mass is 10.1.